The van der Waals surface area contributed by atoms with Gasteiger partial charge in [-0.15, -0.1) is 0 Å². The van der Waals surface area contributed by atoms with Gasteiger partial charge in [-0.1, -0.05) is 19.9 Å². The van der Waals surface area contributed by atoms with Crippen LogP contribution in [0.3, 0.4) is 0 Å². The molecule has 0 aliphatic heterocycles. The topological polar surface area (TPSA) is 64.3 Å². The van der Waals surface area contributed by atoms with Crippen LogP contribution in [-0.4, -0.2) is 24.6 Å². The third kappa shape index (κ3) is 5.30. The Morgan fingerprint density at radius 1 is 1.32 bits per heavy atom. The first-order chi connectivity index (χ1) is 8.90. The number of hydrogen-bond donors (Lipinski definition) is 2. The summed E-state index contributed by atoms with van der Waals surface area (Å²) in [5.41, 5.74) is 7.79. The Morgan fingerprint density at radius 3 is 2.53 bits per heavy atom. The zero-order chi connectivity index (χ0) is 14.4. The minimum Gasteiger partial charge on any atom is -0.494 e. The van der Waals surface area contributed by atoms with Gasteiger partial charge in [0.1, 0.15) is 5.75 Å². The summed E-state index contributed by atoms with van der Waals surface area (Å²) in [4.78, 5) is 11.3. The second-order valence-corrected chi connectivity index (χ2v) is 5.16. The maximum atomic E-state index is 11.3. The van der Waals surface area contributed by atoms with Gasteiger partial charge in [-0.05, 0) is 37.1 Å². The first-order valence-corrected chi connectivity index (χ1v) is 6.65. The van der Waals surface area contributed by atoms with E-state index in [2.05, 4.69) is 19.2 Å². The van der Waals surface area contributed by atoms with Crippen molar-refractivity contribution in [3.05, 3.63) is 29.3 Å². The molecule has 0 aliphatic carbocycles. The lowest BCUT2D eigenvalue weighted by Crippen LogP contribution is -2.45. The molecule has 0 heterocycles. The standard InChI is InChI=1S/C15H24N2O2/c1-10(2)17-14(15(16)18)7-8-19-13-6-5-11(3)12(4)9-13/h5-6,9-10,14,17H,7-8H2,1-4H3,(H2,16,18). The fourth-order valence-electron chi connectivity index (χ4n) is 1.81. The van der Waals surface area contributed by atoms with Crippen LogP contribution in [0.4, 0.5) is 0 Å². The summed E-state index contributed by atoms with van der Waals surface area (Å²) >= 11 is 0. The molecule has 1 atom stereocenters. The van der Waals surface area contributed by atoms with E-state index in [9.17, 15) is 4.79 Å². The van der Waals surface area contributed by atoms with Gasteiger partial charge in [0.2, 0.25) is 5.91 Å². The van der Waals surface area contributed by atoms with Gasteiger partial charge in [0.05, 0.1) is 12.6 Å². The predicted molar refractivity (Wildman–Crippen MR) is 77.3 cm³/mol. The Kier molecular flexibility index (Phi) is 5.83. The lowest BCUT2D eigenvalue weighted by Gasteiger charge is -2.18. The van der Waals surface area contributed by atoms with Crippen LogP contribution in [0, 0.1) is 13.8 Å². The Labute approximate surface area is 115 Å². The minimum atomic E-state index is -0.341. The zero-order valence-corrected chi connectivity index (χ0v) is 12.2. The Balaban J connectivity index is 2.47. The summed E-state index contributed by atoms with van der Waals surface area (Å²) in [6, 6.07) is 5.86. The molecule has 0 aliphatic rings. The molecule has 0 bridgehead atoms. The number of ether oxygens (including phenoxy) is 1. The minimum absolute atomic E-state index is 0.221. The molecule has 0 saturated heterocycles. The van der Waals surface area contributed by atoms with Crippen LogP contribution in [0.1, 0.15) is 31.4 Å². The van der Waals surface area contributed by atoms with E-state index < -0.39 is 0 Å². The molecule has 0 aromatic heterocycles. The molecule has 4 heteroatoms. The van der Waals surface area contributed by atoms with Gasteiger partial charge in [-0.3, -0.25) is 4.79 Å². The first kappa shape index (κ1) is 15.5. The molecule has 106 valence electrons. The molecule has 1 amide bonds. The largest absolute Gasteiger partial charge is 0.494 e. The molecular formula is C15H24N2O2. The van der Waals surface area contributed by atoms with Crippen molar-refractivity contribution in [1.29, 1.82) is 0 Å². The number of primary amides is 1. The van der Waals surface area contributed by atoms with Gasteiger partial charge >= 0.3 is 0 Å². The Morgan fingerprint density at radius 2 is 2.00 bits per heavy atom. The third-order valence-corrected chi connectivity index (χ3v) is 3.03. The molecule has 0 spiro atoms. The third-order valence-electron chi connectivity index (χ3n) is 3.03. The fraction of sp³-hybridized carbons (Fsp3) is 0.533. The van der Waals surface area contributed by atoms with E-state index in [1.54, 1.807) is 0 Å². The van der Waals surface area contributed by atoms with Crippen LogP contribution in [0.2, 0.25) is 0 Å². The summed E-state index contributed by atoms with van der Waals surface area (Å²) < 4.78 is 5.66. The van der Waals surface area contributed by atoms with Gasteiger partial charge in [-0.25, -0.2) is 0 Å². The SMILES string of the molecule is Cc1ccc(OCCC(NC(C)C)C(N)=O)cc1C. The summed E-state index contributed by atoms with van der Waals surface area (Å²) in [6.45, 7) is 8.56. The first-order valence-electron chi connectivity index (χ1n) is 6.65. The molecule has 0 radical (unpaired) electrons. The van der Waals surface area contributed by atoms with Crippen LogP contribution in [0.15, 0.2) is 18.2 Å². The second kappa shape index (κ2) is 7.14. The highest BCUT2D eigenvalue weighted by atomic mass is 16.5. The van der Waals surface area contributed by atoms with Gasteiger partial charge in [-0.2, -0.15) is 0 Å². The average molecular weight is 264 g/mol. The monoisotopic (exact) mass is 264 g/mol. The zero-order valence-electron chi connectivity index (χ0n) is 12.2. The number of carbonyl (C=O) groups excluding carboxylic acids is 1. The van der Waals surface area contributed by atoms with E-state index in [1.165, 1.54) is 11.1 Å². The summed E-state index contributed by atoms with van der Waals surface area (Å²) in [6.07, 6.45) is 0.570. The predicted octanol–water partition coefficient (Wildman–Crippen LogP) is 1.92. The van der Waals surface area contributed by atoms with Crippen molar-refractivity contribution in [3.8, 4) is 5.75 Å². The maximum absolute atomic E-state index is 11.3. The highest BCUT2D eigenvalue weighted by Crippen LogP contribution is 2.16. The summed E-state index contributed by atoms with van der Waals surface area (Å²) in [7, 11) is 0. The van der Waals surface area contributed by atoms with Crippen molar-refractivity contribution in [2.45, 2.75) is 46.2 Å². The molecule has 1 unspecified atom stereocenters. The molecule has 0 fully saturated rings. The van der Waals surface area contributed by atoms with E-state index in [-0.39, 0.29) is 18.0 Å². The summed E-state index contributed by atoms with van der Waals surface area (Å²) in [5, 5.41) is 3.13. The molecule has 19 heavy (non-hydrogen) atoms. The lowest BCUT2D eigenvalue weighted by molar-refractivity contribution is -0.120. The number of rotatable bonds is 7. The van der Waals surface area contributed by atoms with Crippen molar-refractivity contribution in [1.82, 2.24) is 5.32 Å². The normalized spacial score (nSPS) is 12.5. The lowest BCUT2D eigenvalue weighted by atomic mass is 10.1. The molecule has 3 N–H and O–H groups in total. The van der Waals surface area contributed by atoms with Crippen molar-refractivity contribution >= 4 is 5.91 Å². The molecule has 1 aromatic rings. The number of amides is 1. The van der Waals surface area contributed by atoms with Crippen molar-refractivity contribution in [2.24, 2.45) is 5.73 Å². The smallest absolute Gasteiger partial charge is 0.234 e. The van der Waals surface area contributed by atoms with E-state index in [1.807, 2.05) is 32.0 Å². The van der Waals surface area contributed by atoms with E-state index in [0.29, 0.717) is 13.0 Å². The maximum Gasteiger partial charge on any atom is 0.234 e. The van der Waals surface area contributed by atoms with Crippen LogP contribution in [0.5, 0.6) is 5.75 Å². The van der Waals surface area contributed by atoms with Crippen molar-refractivity contribution < 1.29 is 9.53 Å². The van der Waals surface area contributed by atoms with Crippen molar-refractivity contribution in [2.75, 3.05) is 6.61 Å². The van der Waals surface area contributed by atoms with Crippen LogP contribution >= 0.6 is 0 Å². The van der Waals surface area contributed by atoms with Crippen molar-refractivity contribution in [3.63, 3.8) is 0 Å². The van der Waals surface area contributed by atoms with E-state index in [0.717, 1.165) is 5.75 Å². The summed E-state index contributed by atoms with van der Waals surface area (Å²) in [5.74, 6) is 0.494. The number of benzene rings is 1. The van der Waals surface area contributed by atoms with E-state index in [4.69, 9.17) is 10.5 Å². The van der Waals surface area contributed by atoms with Gasteiger partial charge in [0.25, 0.3) is 0 Å². The molecule has 1 aromatic carbocycles. The second-order valence-electron chi connectivity index (χ2n) is 5.16. The van der Waals surface area contributed by atoms with Gasteiger partial charge in [0, 0.05) is 12.5 Å². The average Bonchev–Trinajstić information content (AvgIpc) is 2.31. The van der Waals surface area contributed by atoms with E-state index >= 15 is 0 Å². The van der Waals surface area contributed by atoms with Crippen LogP contribution < -0.4 is 15.8 Å². The van der Waals surface area contributed by atoms with Crippen LogP contribution in [-0.2, 0) is 4.79 Å². The number of aryl methyl sites for hydroxylation is 2. The van der Waals surface area contributed by atoms with Gasteiger partial charge in [0.15, 0.2) is 0 Å². The molecule has 0 saturated carbocycles. The molecular weight excluding hydrogens is 240 g/mol. The highest BCUT2D eigenvalue weighted by Gasteiger charge is 2.15. The molecule has 4 nitrogen and oxygen atoms in total. The highest BCUT2D eigenvalue weighted by molar-refractivity contribution is 5.79. The van der Waals surface area contributed by atoms with Crippen LogP contribution in [0.25, 0.3) is 0 Å². The number of hydrogen-bond acceptors (Lipinski definition) is 3. The number of nitrogens with two attached hydrogens (primary N) is 1. The Hall–Kier alpha value is -1.55. The quantitative estimate of drug-likeness (QED) is 0.791. The van der Waals surface area contributed by atoms with Gasteiger partial charge < -0.3 is 15.8 Å². The number of carbonyl (C=O) groups is 1. The molecule has 1 rings (SSSR count). The number of nitrogens with one attached hydrogen (secondary N) is 1. The fourth-order valence-corrected chi connectivity index (χ4v) is 1.81. The Bertz CT molecular complexity index is 430.